The molecule has 1 heterocycles. The highest BCUT2D eigenvalue weighted by molar-refractivity contribution is 4.76. The van der Waals surface area contributed by atoms with E-state index >= 15 is 0 Å². The molecule has 1 nitrogen and oxygen atoms in total. The van der Waals surface area contributed by atoms with E-state index in [2.05, 4.69) is 19.2 Å². The van der Waals surface area contributed by atoms with E-state index in [9.17, 15) is 0 Å². The van der Waals surface area contributed by atoms with Gasteiger partial charge in [-0.05, 0) is 31.3 Å². The molecule has 10 heavy (non-hydrogen) atoms. The summed E-state index contributed by atoms with van der Waals surface area (Å²) in [4.78, 5) is 0. The molecule has 1 rings (SSSR count). The maximum absolute atomic E-state index is 3.31. The number of nitrogens with one attached hydrogen (secondary N) is 1. The predicted molar refractivity (Wildman–Crippen MR) is 45.0 cm³/mol. The van der Waals surface area contributed by atoms with E-state index in [-0.39, 0.29) is 0 Å². The zero-order chi connectivity index (χ0) is 7.40. The average molecular weight is 141 g/mol. The Morgan fingerprint density at radius 2 is 1.90 bits per heavy atom. The van der Waals surface area contributed by atoms with Crippen LogP contribution < -0.4 is 5.32 Å². The zero-order valence-electron chi connectivity index (χ0n) is 7.19. The fourth-order valence-corrected chi connectivity index (χ4v) is 1.61. The first-order chi connectivity index (χ1) is 4.86. The van der Waals surface area contributed by atoms with Crippen molar-refractivity contribution in [2.75, 3.05) is 13.1 Å². The average Bonchev–Trinajstić information content (AvgIpc) is 1.87. The summed E-state index contributed by atoms with van der Waals surface area (Å²) < 4.78 is 0. The Hall–Kier alpha value is -0.0400. The lowest BCUT2D eigenvalue weighted by molar-refractivity contribution is 0.267. The molecule has 0 aromatic heterocycles. The molecule has 1 N–H and O–H groups in total. The molecule has 1 heteroatoms. The molecular weight excluding hydrogens is 122 g/mol. The summed E-state index contributed by atoms with van der Waals surface area (Å²) in [5, 5.41) is 3.31. The topological polar surface area (TPSA) is 12.0 Å². The Kier molecular flexibility index (Phi) is 3.20. The third-order valence-electron chi connectivity index (χ3n) is 2.69. The fourth-order valence-electron chi connectivity index (χ4n) is 1.61. The molecule has 1 saturated heterocycles. The van der Waals surface area contributed by atoms with Crippen molar-refractivity contribution in [3.8, 4) is 0 Å². The standard InChI is InChI=1S/C9H19N/c1-3-8(4-2)5-9-6-10-7-9/h8-10H,3-7H2,1-2H3. The van der Waals surface area contributed by atoms with Crippen molar-refractivity contribution in [2.24, 2.45) is 11.8 Å². The van der Waals surface area contributed by atoms with Gasteiger partial charge in [-0.15, -0.1) is 0 Å². The first-order valence-electron chi connectivity index (χ1n) is 4.57. The van der Waals surface area contributed by atoms with Crippen LogP contribution in [-0.2, 0) is 0 Å². The molecule has 1 aliphatic heterocycles. The highest BCUT2D eigenvalue weighted by atomic mass is 14.9. The van der Waals surface area contributed by atoms with Gasteiger partial charge in [0.2, 0.25) is 0 Å². The van der Waals surface area contributed by atoms with Crippen molar-refractivity contribution in [2.45, 2.75) is 33.1 Å². The molecule has 0 spiro atoms. The normalized spacial score (nSPS) is 19.5. The fraction of sp³-hybridized carbons (Fsp3) is 1.00. The number of hydrogen-bond acceptors (Lipinski definition) is 1. The summed E-state index contributed by atoms with van der Waals surface area (Å²) in [6.07, 6.45) is 4.19. The molecular formula is C9H19N. The summed E-state index contributed by atoms with van der Waals surface area (Å²) in [7, 11) is 0. The first kappa shape index (κ1) is 8.06. The molecule has 1 fully saturated rings. The Morgan fingerprint density at radius 1 is 1.30 bits per heavy atom. The monoisotopic (exact) mass is 141 g/mol. The lowest BCUT2D eigenvalue weighted by Crippen LogP contribution is -2.42. The maximum atomic E-state index is 3.31. The second-order valence-corrected chi connectivity index (χ2v) is 3.44. The van der Waals surface area contributed by atoms with Gasteiger partial charge in [0.05, 0.1) is 0 Å². The van der Waals surface area contributed by atoms with E-state index in [1.807, 2.05) is 0 Å². The second-order valence-electron chi connectivity index (χ2n) is 3.44. The molecule has 1 aliphatic rings. The smallest absolute Gasteiger partial charge is 0.000815 e. The van der Waals surface area contributed by atoms with Gasteiger partial charge in [-0.1, -0.05) is 26.7 Å². The Balaban J connectivity index is 2.08. The Labute approximate surface area is 64.2 Å². The zero-order valence-corrected chi connectivity index (χ0v) is 7.19. The van der Waals surface area contributed by atoms with Gasteiger partial charge in [0.25, 0.3) is 0 Å². The maximum Gasteiger partial charge on any atom is -0.000815 e. The van der Waals surface area contributed by atoms with Crippen LogP contribution in [0.2, 0.25) is 0 Å². The van der Waals surface area contributed by atoms with Gasteiger partial charge in [0.1, 0.15) is 0 Å². The minimum atomic E-state index is 0.993. The van der Waals surface area contributed by atoms with E-state index in [1.165, 1.54) is 32.4 Å². The molecule has 0 aromatic carbocycles. The number of hydrogen-bond donors (Lipinski definition) is 1. The van der Waals surface area contributed by atoms with Gasteiger partial charge >= 0.3 is 0 Å². The molecule has 0 bridgehead atoms. The van der Waals surface area contributed by atoms with Crippen molar-refractivity contribution >= 4 is 0 Å². The van der Waals surface area contributed by atoms with Crippen molar-refractivity contribution in [3.63, 3.8) is 0 Å². The van der Waals surface area contributed by atoms with Crippen molar-refractivity contribution in [3.05, 3.63) is 0 Å². The molecule has 0 aliphatic carbocycles. The van der Waals surface area contributed by atoms with E-state index in [0.29, 0.717) is 0 Å². The summed E-state index contributed by atoms with van der Waals surface area (Å²) in [5.74, 6) is 2.00. The van der Waals surface area contributed by atoms with E-state index in [4.69, 9.17) is 0 Å². The van der Waals surface area contributed by atoms with Crippen LogP contribution in [0.15, 0.2) is 0 Å². The molecule has 0 saturated carbocycles. The van der Waals surface area contributed by atoms with E-state index < -0.39 is 0 Å². The van der Waals surface area contributed by atoms with Crippen LogP contribution in [0, 0.1) is 11.8 Å². The van der Waals surface area contributed by atoms with E-state index in [0.717, 1.165) is 11.8 Å². The van der Waals surface area contributed by atoms with Crippen LogP contribution >= 0.6 is 0 Å². The van der Waals surface area contributed by atoms with Gasteiger partial charge in [-0.3, -0.25) is 0 Å². The van der Waals surface area contributed by atoms with Crippen molar-refractivity contribution < 1.29 is 0 Å². The first-order valence-corrected chi connectivity index (χ1v) is 4.57. The summed E-state index contributed by atoms with van der Waals surface area (Å²) in [6.45, 7) is 7.16. The molecule has 0 amide bonds. The van der Waals surface area contributed by atoms with Crippen LogP contribution in [0.3, 0.4) is 0 Å². The van der Waals surface area contributed by atoms with Crippen LogP contribution in [-0.4, -0.2) is 13.1 Å². The quantitative estimate of drug-likeness (QED) is 0.631. The van der Waals surface area contributed by atoms with Crippen LogP contribution in [0.5, 0.6) is 0 Å². The van der Waals surface area contributed by atoms with Gasteiger partial charge in [0, 0.05) is 0 Å². The minimum absolute atomic E-state index is 0.993. The van der Waals surface area contributed by atoms with Crippen molar-refractivity contribution in [1.29, 1.82) is 0 Å². The van der Waals surface area contributed by atoms with Gasteiger partial charge in [0.15, 0.2) is 0 Å². The molecule has 0 radical (unpaired) electrons. The highest BCUT2D eigenvalue weighted by Gasteiger charge is 2.19. The van der Waals surface area contributed by atoms with Crippen LogP contribution in [0.4, 0.5) is 0 Å². The minimum Gasteiger partial charge on any atom is -0.316 e. The number of rotatable bonds is 4. The summed E-state index contributed by atoms with van der Waals surface area (Å²) in [6, 6.07) is 0. The SMILES string of the molecule is CCC(CC)CC1CNC1. The molecule has 0 atom stereocenters. The third-order valence-corrected chi connectivity index (χ3v) is 2.69. The highest BCUT2D eigenvalue weighted by Crippen LogP contribution is 2.20. The molecule has 0 aromatic rings. The lowest BCUT2D eigenvalue weighted by Gasteiger charge is -2.30. The van der Waals surface area contributed by atoms with Gasteiger partial charge in [-0.25, -0.2) is 0 Å². The van der Waals surface area contributed by atoms with E-state index in [1.54, 1.807) is 0 Å². The summed E-state index contributed by atoms with van der Waals surface area (Å²) >= 11 is 0. The summed E-state index contributed by atoms with van der Waals surface area (Å²) in [5.41, 5.74) is 0. The Morgan fingerprint density at radius 3 is 2.20 bits per heavy atom. The lowest BCUT2D eigenvalue weighted by atomic mass is 9.87. The van der Waals surface area contributed by atoms with Gasteiger partial charge in [-0.2, -0.15) is 0 Å². The Bertz CT molecular complexity index is 82.7. The third kappa shape index (κ3) is 1.98. The van der Waals surface area contributed by atoms with Crippen LogP contribution in [0.25, 0.3) is 0 Å². The second kappa shape index (κ2) is 3.97. The van der Waals surface area contributed by atoms with Crippen molar-refractivity contribution in [1.82, 2.24) is 5.32 Å². The molecule has 0 unspecified atom stereocenters. The largest absolute Gasteiger partial charge is 0.316 e. The molecule has 60 valence electrons. The predicted octanol–water partition coefficient (Wildman–Crippen LogP) is 2.03. The van der Waals surface area contributed by atoms with Crippen LogP contribution in [0.1, 0.15) is 33.1 Å². The van der Waals surface area contributed by atoms with Gasteiger partial charge < -0.3 is 5.32 Å².